The van der Waals surface area contributed by atoms with Gasteiger partial charge in [0.25, 0.3) is 0 Å². The Labute approximate surface area is 132 Å². The molecule has 2 aromatic rings. The van der Waals surface area contributed by atoms with Gasteiger partial charge in [-0.15, -0.1) is 0 Å². The quantitative estimate of drug-likeness (QED) is 0.863. The summed E-state index contributed by atoms with van der Waals surface area (Å²) >= 11 is 0. The molecule has 0 amide bonds. The number of hydrogen-bond donors (Lipinski definition) is 0. The van der Waals surface area contributed by atoms with Gasteiger partial charge in [-0.2, -0.15) is 0 Å². The lowest BCUT2D eigenvalue weighted by Crippen LogP contribution is -2.26. The molecule has 2 atom stereocenters. The lowest BCUT2D eigenvalue weighted by Gasteiger charge is -2.18. The smallest absolute Gasteiger partial charge is 0.208 e. The number of oxazole rings is 1. The standard InChI is InChI=1S/C18H24N2O2/c1-12-9-16(15-5-7-17(21-4)8-6-15)10-20(12)11-18-19-13(2)14(3)22-18/h5-8,12,16H,9-11H2,1-4H3/t12-,16+/m1/s1. The molecule has 1 fully saturated rings. The van der Waals surface area contributed by atoms with Crippen molar-refractivity contribution in [1.29, 1.82) is 0 Å². The van der Waals surface area contributed by atoms with Crippen molar-refractivity contribution in [2.75, 3.05) is 13.7 Å². The number of ether oxygens (including phenoxy) is 1. The number of hydrogen-bond acceptors (Lipinski definition) is 4. The molecule has 1 aliphatic rings. The lowest BCUT2D eigenvalue weighted by atomic mass is 9.97. The highest BCUT2D eigenvalue weighted by Crippen LogP contribution is 2.33. The fourth-order valence-corrected chi connectivity index (χ4v) is 3.22. The maximum Gasteiger partial charge on any atom is 0.208 e. The molecule has 0 spiro atoms. The Hall–Kier alpha value is -1.81. The van der Waals surface area contributed by atoms with Crippen LogP contribution in [-0.4, -0.2) is 29.6 Å². The SMILES string of the molecule is COc1ccc([C@H]2C[C@@H](C)N(Cc3nc(C)c(C)o3)C2)cc1. The van der Waals surface area contributed by atoms with E-state index in [9.17, 15) is 0 Å². The van der Waals surface area contributed by atoms with Crippen molar-refractivity contribution < 1.29 is 9.15 Å². The summed E-state index contributed by atoms with van der Waals surface area (Å²) in [4.78, 5) is 6.96. The minimum absolute atomic E-state index is 0.541. The second kappa shape index (κ2) is 6.13. The largest absolute Gasteiger partial charge is 0.497 e. The van der Waals surface area contributed by atoms with Gasteiger partial charge in [-0.05, 0) is 50.8 Å². The van der Waals surface area contributed by atoms with Gasteiger partial charge in [0.15, 0.2) is 0 Å². The van der Waals surface area contributed by atoms with E-state index in [1.165, 1.54) is 12.0 Å². The molecule has 2 heterocycles. The van der Waals surface area contributed by atoms with Crippen LogP contribution in [0.15, 0.2) is 28.7 Å². The van der Waals surface area contributed by atoms with Crippen molar-refractivity contribution >= 4 is 0 Å². The van der Waals surface area contributed by atoms with Crippen LogP contribution in [0.25, 0.3) is 0 Å². The fraction of sp³-hybridized carbons (Fsp3) is 0.500. The average Bonchev–Trinajstić information content (AvgIpc) is 3.03. The first-order valence-electron chi connectivity index (χ1n) is 7.87. The molecule has 0 unspecified atom stereocenters. The van der Waals surface area contributed by atoms with Gasteiger partial charge in [0, 0.05) is 12.6 Å². The molecule has 0 N–H and O–H groups in total. The second-order valence-electron chi connectivity index (χ2n) is 6.23. The molecule has 1 aliphatic heterocycles. The third-order valence-electron chi connectivity index (χ3n) is 4.70. The van der Waals surface area contributed by atoms with Crippen molar-refractivity contribution in [1.82, 2.24) is 9.88 Å². The zero-order valence-corrected chi connectivity index (χ0v) is 13.8. The van der Waals surface area contributed by atoms with Gasteiger partial charge in [0.2, 0.25) is 5.89 Å². The monoisotopic (exact) mass is 300 g/mol. The highest BCUT2D eigenvalue weighted by molar-refractivity contribution is 5.30. The highest BCUT2D eigenvalue weighted by atomic mass is 16.5. The summed E-state index contributed by atoms with van der Waals surface area (Å²) in [5.74, 6) is 3.24. The summed E-state index contributed by atoms with van der Waals surface area (Å²) in [7, 11) is 1.70. The van der Waals surface area contributed by atoms with Gasteiger partial charge >= 0.3 is 0 Å². The molecule has 0 radical (unpaired) electrons. The first kappa shape index (κ1) is 15.1. The number of aryl methyl sites for hydroxylation is 2. The molecule has 1 saturated heterocycles. The minimum Gasteiger partial charge on any atom is -0.497 e. The molecular formula is C18H24N2O2. The first-order chi connectivity index (χ1) is 10.6. The van der Waals surface area contributed by atoms with Crippen molar-refractivity contribution in [3.05, 3.63) is 47.2 Å². The third kappa shape index (κ3) is 3.02. The van der Waals surface area contributed by atoms with Crippen LogP contribution >= 0.6 is 0 Å². The minimum atomic E-state index is 0.541. The second-order valence-corrected chi connectivity index (χ2v) is 6.23. The van der Waals surface area contributed by atoms with E-state index in [4.69, 9.17) is 9.15 Å². The van der Waals surface area contributed by atoms with Crippen LogP contribution < -0.4 is 4.74 Å². The summed E-state index contributed by atoms with van der Waals surface area (Å²) in [5.41, 5.74) is 2.38. The fourth-order valence-electron chi connectivity index (χ4n) is 3.22. The van der Waals surface area contributed by atoms with E-state index in [1.807, 2.05) is 26.0 Å². The van der Waals surface area contributed by atoms with E-state index < -0.39 is 0 Å². The van der Waals surface area contributed by atoms with Crippen LogP contribution in [-0.2, 0) is 6.54 Å². The number of benzene rings is 1. The highest BCUT2D eigenvalue weighted by Gasteiger charge is 2.30. The Morgan fingerprint density at radius 2 is 2.00 bits per heavy atom. The number of rotatable bonds is 4. The number of methoxy groups -OCH3 is 1. The summed E-state index contributed by atoms with van der Waals surface area (Å²) in [5, 5.41) is 0. The van der Waals surface area contributed by atoms with Crippen molar-refractivity contribution in [3.63, 3.8) is 0 Å². The van der Waals surface area contributed by atoms with Gasteiger partial charge < -0.3 is 9.15 Å². The Morgan fingerprint density at radius 1 is 1.27 bits per heavy atom. The normalized spacial score (nSPS) is 22.2. The van der Waals surface area contributed by atoms with Gasteiger partial charge in [0.1, 0.15) is 11.5 Å². The van der Waals surface area contributed by atoms with E-state index in [2.05, 4.69) is 28.9 Å². The Kier molecular flexibility index (Phi) is 4.21. The van der Waals surface area contributed by atoms with Crippen LogP contribution in [0.3, 0.4) is 0 Å². The number of nitrogens with zero attached hydrogens (tertiary/aromatic N) is 2. The molecule has 22 heavy (non-hydrogen) atoms. The summed E-state index contributed by atoms with van der Waals surface area (Å²) in [6.07, 6.45) is 1.17. The lowest BCUT2D eigenvalue weighted by molar-refractivity contribution is 0.231. The van der Waals surface area contributed by atoms with Crippen LogP contribution in [0.5, 0.6) is 5.75 Å². The molecule has 4 nitrogen and oxygen atoms in total. The molecule has 4 heteroatoms. The third-order valence-corrected chi connectivity index (χ3v) is 4.70. The summed E-state index contributed by atoms with van der Waals surface area (Å²) in [6.45, 7) is 8.10. The van der Waals surface area contributed by atoms with Crippen molar-refractivity contribution in [2.45, 2.75) is 45.7 Å². The van der Waals surface area contributed by atoms with Crippen LogP contribution in [0.4, 0.5) is 0 Å². The van der Waals surface area contributed by atoms with E-state index in [-0.39, 0.29) is 0 Å². The average molecular weight is 300 g/mol. The van der Waals surface area contributed by atoms with Gasteiger partial charge in [0.05, 0.1) is 19.3 Å². The Balaban J connectivity index is 1.68. The molecular weight excluding hydrogens is 276 g/mol. The molecule has 1 aromatic heterocycles. The van der Waals surface area contributed by atoms with Crippen LogP contribution in [0.1, 0.15) is 42.2 Å². The predicted molar refractivity (Wildman–Crippen MR) is 86.2 cm³/mol. The van der Waals surface area contributed by atoms with Crippen LogP contribution in [0.2, 0.25) is 0 Å². The zero-order chi connectivity index (χ0) is 15.7. The van der Waals surface area contributed by atoms with Gasteiger partial charge in [-0.1, -0.05) is 12.1 Å². The maximum atomic E-state index is 5.73. The number of aromatic nitrogens is 1. The topological polar surface area (TPSA) is 38.5 Å². The molecule has 0 bridgehead atoms. The predicted octanol–water partition coefficient (Wildman–Crippen LogP) is 3.68. The molecule has 0 aliphatic carbocycles. The maximum absolute atomic E-state index is 5.73. The summed E-state index contributed by atoms with van der Waals surface area (Å²) < 4.78 is 11.0. The Bertz CT molecular complexity index is 614. The van der Waals surface area contributed by atoms with E-state index in [0.717, 1.165) is 36.2 Å². The van der Waals surface area contributed by atoms with Gasteiger partial charge in [-0.25, -0.2) is 4.98 Å². The zero-order valence-electron chi connectivity index (χ0n) is 13.8. The van der Waals surface area contributed by atoms with E-state index >= 15 is 0 Å². The van der Waals surface area contributed by atoms with E-state index in [1.54, 1.807) is 7.11 Å². The summed E-state index contributed by atoms with van der Waals surface area (Å²) in [6, 6.07) is 8.99. The number of likely N-dealkylation sites (tertiary alicyclic amines) is 1. The van der Waals surface area contributed by atoms with Crippen molar-refractivity contribution in [3.8, 4) is 5.75 Å². The molecule has 3 rings (SSSR count). The van der Waals surface area contributed by atoms with Gasteiger partial charge in [-0.3, -0.25) is 4.90 Å². The Morgan fingerprint density at radius 3 is 2.59 bits per heavy atom. The first-order valence-corrected chi connectivity index (χ1v) is 7.87. The van der Waals surface area contributed by atoms with E-state index in [0.29, 0.717) is 12.0 Å². The molecule has 1 aromatic carbocycles. The molecule has 118 valence electrons. The molecule has 0 saturated carbocycles. The van der Waals surface area contributed by atoms with Crippen LogP contribution in [0, 0.1) is 13.8 Å². The van der Waals surface area contributed by atoms with Crippen molar-refractivity contribution in [2.24, 2.45) is 0 Å².